The third-order valence-electron chi connectivity index (χ3n) is 10.7. The van der Waals surface area contributed by atoms with Crippen molar-refractivity contribution in [3.8, 4) is 0 Å². The SMILES string of the molecule is C[C@@H]1C[C@@H]2CCC[C@H]3C[C@H]4C[C@](C1)([C@H]1CC[C@@H]5CCC[C@H]6C[C@@H](C)C4=C1N56)N23. The summed E-state index contributed by atoms with van der Waals surface area (Å²) in [5.41, 5.74) is 4.51. The largest absolute Gasteiger partial charge is 0.369 e. The normalized spacial score (nSPS) is 54.9. The molecule has 2 nitrogen and oxygen atoms in total. The minimum atomic E-state index is 0.541. The molecule has 9 atom stereocenters. The number of nitrogens with zero attached hydrogens (tertiary/aromatic N) is 2. The van der Waals surface area contributed by atoms with Crippen LogP contribution >= 0.6 is 0 Å². The van der Waals surface area contributed by atoms with Crippen molar-refractivity contribution < 1.29 is 0 Å². The van der Waals surface area contributed by atoms with Gasteiger partial charge in [-0.25, -0.2) is 0 Å². The Hall–Kier alpha value is -0.500. The van der Waals surface area contributed by atoms with Crippen molar-refractivity contribution in [2.45, 2.75) is 127 Å². The quantitative estimate of drug-likeness (QED) is 0.529. The summed E-state index contributed by atoms with van der Waals surface area (Å²) >= 11 is 0. The van der Waals surface area contributed by atoms with Crippen molar-refractivity contribution in [1.82, 2.24) is 9.80 Å². The zero-order chi connectivity index (χ0) is 18.6. The Morgan fingerprint density at radius 3 is 2.36 bits per heavy atom. The van der Waals surface area contributed by atoms with Crippen LogP contribution in [-0.4, -0.2) is 39.5 Å². The molecule has 1 spiro atoms. The lowest BCUT2D eigenvalue weighted by Crippen LogP contribution is -2.73. The fourth-order valence-electron chi connectivity index (χ4n) is 10.4. The molecule has 0 saturated carbocycles. The van der Waals surface area contributed by atoms with Gasteiger partial charge in [-0.15, -0.1) is 0 Å². The Labute approximate surface area is 172 Å². The third kappa shape index (κ3) is 2.05. The van der Waals surface area contributed by atoms with Gasteiger partial charge in [0.25, 0.3) is 0 Å². The molecule has 1 aliphatic carbocycles. The van der Waals surface area contributed by atoms with Crippen molar-refractivity contribution in [3.63, 3.8) is 0 Å². The predicted octanol–water partition coefficient (Wildman–Crippen LogP) is 5.73. The van der Waals surface area contributed by atoms with Gasteiger partial charge >= 0.3 is 0 Å². The predicted molar refractivity (Wildman–Crippen MR) is 114 cm³/mol. The average Bonchev–Trinajstić information content (AvgIpc) is 2.67. The molecule has 0 aromatic carbocycles. The standard InChI is InChI=1S/C26H40N2/c1-16-11-21-7-4-8-22-13-18-15-26(14-16,28(21)22)23-10-9-19-5-3-6-20-12-17(2)24(18)25(23)27(19)20/h16-23H,3-15H2,1-2H3/t16-,17-,18+,19+,20+,21+,22+,23+,26-/m1/s1. The molecule has 6 heterocycles. The van der Waals surface area contributed by atoms with E-state index in [0.717, 1.165) is 47.8 Å². The lowest BCUT2D eigenvalue weighted by molar-refractivity contribution is -0.162. The Morgan fingerprint density at radius 2 is 1.50 bits per heavy atom. The molecule has 28 heavy (non-hydrogen) atoms. The molecule has 7 rings (SSSR count). The number of piperidine rings is 5. The second-order valence-corrected chi connectivity index (χ2v) is 12.2. The maximum Gasteiger partial charge on any atom is 0.0306 e. The Balaban J connectivity index is 1.42. The van der Waals surface area contributed by atoms with Crippen molar-refractivity contribution >= 4 is 0 Å². The van der Waals surface area contributed by atoms with Gasteiger partial charge < -0.3 is 4.90 Å². The van der Waals surface area contributed by atoms with E-state index >= 15 is 0 Å². The lowest BCUT2D eigenvalue weighted by atomic mass is 9.51. The fourth-order valence-corrected chi connectivity index (χ4v) is 10.4. The van der Waals surface area contributed by atoms with Crippen LogP contribution in [0.2, 0.25) is 0 Å². The molecule has 2 bridgehead atoms. The molecule has 5 fully saturated rings. The number of fused-ring (bicyclic) bond motifs is 2. The lowest BCUT2D eigenvalue weighted by Gasteiger charge is -2.71. The van der Waals surface area contributed by atoms with E-state index in [1.807, 2.05) is 11.3 Å². The van der Waals surface area contributed by atoms with Gasteiger partial charge in [0.15, 0.2) is 0 Å². The molecule has 0 aromatic rings. The number of rotatable bonds is 0. The third-order valence-corrected chi connectivity index (χ3v) is 10.7. The molecule has 0 amide bonds. The first-order chi connectivity index (χ1) is 13.7. The van der Waals surface area contributed by atoms with Gasteiger partial charge in [-0.05, 0) is 100 Å². The van der Waals surface area contributed by atoms with Crippen LogP contribution in [0.25, 0.3) is 0 Å². The molecular weight excluding hydrogens is 340 g/mol. The number of hydrogen-bond donors (Lipinski definition) is 0. The van der Waals surface area contributed by atoms with Crippen LogP contribution in [-0.2, 0) is 0 Å². The summed E-state index contributed by atoms with van der Waals surface area (Å²) in [5, 5.41) is 0. The Morgan fingerprint density at radius 1 is 0.750 bits per heavy atom. The van der Waals surface area contributed by atoms with Crippen LogP contribution in [0.15, 0.2) is 11.3 Å². The Kier molecular flexibility index (Phi) is 3.57. The molecule has 0 unspecified atom stereocenters. The monoisotopic (exact) mass is 380 g/mol. The highest BCUT2D eigenvalue weighted by atomic mass is 15.3. The van der Waals surface area contributed by atoms with E-state index in [9.17, 15) is 0 Å². The van der Waals surface area contributed by atoms with E-state index < -0.39 is 0 Å². The maximum atomic E-state index is 3.22. The molecule has 7 aliphatic rings. The van der Waals surface area contributed by atoms with Gasteiger partial charge in [-0.3, -0.25) is 4.90 Å². The molecule has 2 heteroatoms. The van der Waals surface area contributed by atoms with Crippen LogP contribution in [0, 0.1) is 23.7 Å². The number of allylic oxidation sites excluding steroid dienone is 1. The average molecular weight is 381 g/mol. The second kappa shape index (κ2) is 5.80. The Bertz CT molecular complexity index is 711. The highest BCUT2D eigenvalue weighted by Crippen LogP contribution is 2.64. The topological polar surface area (TPSA) is 6.48 Å². The first kappa shape index (κ1) is 17.2. The van der Waals surface area contributed by atoms with Crippen LogP contribution in [0.1, 0.15) is 97.3 Å². The highest BCUT2D eigenvalue weighted by molar-refractivity contribution is 5.37. The van der Waals surface area contributed by atoms with Crippen LogP contribution < -0.4 is 0 Å². The van der Waals surface area contributed by atoms with Gasteiger partial charge in [-0.1, -0.05) is 20.3 Å². The van der Waals surface area contributed by atoms with Gasteiger partial charge in [0.05, 0.1) is 0 Å². The molecule has 154 valence electrons. The minimum Gasteiger partial charge on any atom is -0.369 e. The molecular formula is C26H40N2. The van der Waals surface area contributed by atoms with Crippen molar-refractivity contribution in [3.05, 3.63) is 11.3 Å². The van der Waals surface area contributed by atoms with Crippen molar-refractivity contribution in [1.29, 1.82) is 0 Å². The zero-order valence-electron chi connectivity index (χ0n) is 18.2. The summed E-state index contributed by atoms with van der Waals surface area (Å²) in [6, 6.07) is 3.63. The van der Waals surface area contributed by atoms with E-state index in [2.05, 4.69) is 23.6 Å². The van der Waals surface area contributed by atoms with Gasteiger partial charge in [0, 0.05) is 41.3 Å². The molecule has 0 aromatic heterocycles. The van der Waals surface area contributed by atoms with Gasteiger partial charge in [0.1, 0.15) is 0 Å². The molecule has 0 N–H and O–H groups in total. The first-order valence-corrected chi connectivity index (χ1v) is 13.0. The van der Waals surface area contributed by atoms with E-state index in [1.54, 1.807) is 0 Å². The summed E-state index contributed by atoms with van der Waals surface area (Å²) in [6.45, 7) is 5.22. The van der Waals surface area contributed by atoms with Crippen LogP contribution in [0.4, 0.5) is 0 Å². The van der Waals surface area contributed by atoms with E-state index in [-0.39, 0.29) is 0 Å². The van der Waals surface area contributed by atoms with Crippen molar-refractivity contribution in [2.24, 2.45) is 23.7 Å². The summed E-state index contributed by atoms with van der Waals surface area (Å²) in [6.07, 6.45) is 19.5. The molecule has 0 radical (unpaired) electrons. The van der Waals surface area contributed by atoms with E-state index in [0.29, 0.717) is 5.54 Å². The highest BCUT2D eigenvalue weighted by Gasteiger charge is 2.63. The first-order valence-electron chi connectivity index (χ1n) is 13.0. The number of hydrogen-bond acceptors (Lipinski definition) is 2. The molecule has 5 saturated heterocycles. The fraction of sp³-hybridized carbons (Fsp3) is 0.923. The summed E-state index contributed by atoms with van der Waals surface area (Å²) in [7, 11) is 0. The second-order valence-electron chi connectivity index (χ2n) is 12.2. The van der Waals surface area contributed by atoms with E-state index in [1.165, 1.54) is 83.5 Å². The summed E-state index contributed by atoms with van der Waals surface area (Å²) in [5.74, 6) is 3.61. The van der Waals surface area contributed by atoms with Crippen LogP contribution in [0.3, 0.4) is 0 Å². The summed E-state index contributed by atoms with van der Waals surface area (Å²) < 4.78 is 0. The van der Waals surface area contributed by atoms with Gasteiger partial charge in [-0.2, -0.15) is 0 Å². The van der Waals surface area contributed by atoms with E-state index in [4.69, 9.17) is 0 Å². The maximum absolute atomic E-state index is 3.22. The summed E-state index contributed by atoms with van der Waals surface area (Å²) in [4.78, 5) is 6.32. The van der Waals surface area contributed by atoms with Crippen molar-refractivity contribution in [2.75, 3.05) is 0 Å². The van der Waals surface area contributed by atoms with Crippen LogP contribution in [0.5, 0.6) is 0 Å². The molecule has 6 aliphatic heterocycles. The smallest absolute Gasteiger partial charge is 0.0306 e. The minimum absolute atomic E-state index is 0.541. The van der Waals surface area contributed by atoms with Gasteiger partial charge in [0.2, 0.25) is 0 Å². The zero-order valence-corrected chi connectivity index (χ0v) is 18.2.